The number of halogens is 1. The van der Waals surface area contributed by atoms with E-state index in [1.807, 2.05) is 18.2 Å². The monoisotopic (exact) mass is 379 g/mol. The summed E-state index contributed by atoms with van der Waals surface area (Å²) in [6.45, 7) is 7.43. The first kappa shape index (κ1) is 18.8. The Morgan fingerprint density at radius 1 is 1.25 bits per heavy atom. The van der Waals surface area contributed by atoms with Gasteiger partial charge in [0.25, 0.3) is 0 Å². The topological polar surface area (TPSA) is 41.6 Å². The number of benzene rings is 1. The molecule has 0 aliphatic carbocycles. The number of aromatic nitrogens is 1. The molecule has 1 aromatic carbocycles. The Morgan fingerprint density at radius 3 is 2.75 bits per heavy atom. The van der Waals surface area contributed by atoms with Crippen LogP contribution in [-0.4, -0.2) is 28.1 Å². The first-order valence-electron chi connectivity index (χ1n) is 7.53. The minimum absolute atomic E-state index is 0. The molecule has 0 spiro atoms. The summed E-state index contributed by atoms with van der Waals surface area (Å²) in [6, 6.07) is 9.78. The van der Waals surface area contributed by atoms with Crippen molar-refractivity contribution in [3.8, 4) is 10.8 Å². The zero-order valence-corrected chi connectivity index (χ0v) is 15.9. The highest BCUT2D eigenvalue weighted by atomic mass is 35.5. The predicted molar refractivity (Wildman–Crippen MR) is 106 cm³/mol. The Kier molecular flexibility index (Phi) is 6.66. The predicted octanol–water partition coefficient (Wildman–Crippen LogP) is 5.55. The number of hydrogen-bond acceptors (Lipinski definition) is 6. The standard InChI is InChI=1S/C17H17N3OS2.ClH/c1-3-20(4-2)10-13-6-8-16(23-13)17-19-14-9-12(18-11-22)5-7-15(14)21-17;/h5-9H,3-4,10H2,1-2H3;1H. The second-order valence-corrected chi connectivity index (χ2v) is 6.45. The van der Waals surface area contributed by atoms with E-state index in [1.54, 1.807) is 11.3 Å². The number of aliphatic imine (C=N–C) groups is 1. The molecule has 126 valence electrons. The fourth-order valence-corrected chi connectivity index (χ4v) is 3.47. The van der Waals surface area contributed by atoms with E-state index >= 15 is 0 Å². The second kappa shape index (κ2) is 8.51. The van der Waals surface area contributed by atoms with Crippen molar-refractivity contribution in [3.63, 3.8) is 0 Å². The molecule has 4 nitrogen and oxygen atoms in total. The third-order valence-electron chi connectivity index (χ3n) is 3.69. The Labute approximate surface area is 156 Å². The molecule has 0 N–H and O–H groups in total. The van der Waals surface area contributed by atoms with Gasteiger partial charge in [-0.25, -0.2) is 4.98 Å². The lowest BCUT2D eigenvalue weighted by Crippen LogP contribution is -2.21. The van der Waals surface area contributed by atoms with Crippen molar-refractivity contribution in [2.75, 3.05) is 13.1 Å². The molecule has 0 radical (unpaired) electrons. The molecular formula is C17H18ClN3OS2. The van der Waals surface area contributed by atoms with Gasteiger partial charge >= 0.3 is 0 Å². The molecule has 0 aliphatic heterocycles. The van der Waals surface area contributed by atoms with E-state index < -0.39 is 0 Å². The zero-order chi connectivity index (χ0) is 16.2. The number of oxazole rings is 1. The molecule has 0 unspecified atom stereocenters. The van der Waals surface area contributed by atoms with Gasteiger partial charge in [0.2, 0.25) is 5.89 Å². The maximum Gasteiger partial charge on any atom is 0.237 e. The van der Waals surface area contributed by atoms with Gasteiger partial charge in [0.1, 0.15) is 5.52 Å². The van der Waals surface area contributed by atoms with Crippen LogP contribution in [0.1, 0.15) is 18.7 Å². The van der Waals surface area contributed by atoms with E-state index in [0.717, 1.165) is 41.3 Å². The maximum atomic E-state index is 5.86. The Bertz CT molecular complexity index is 864. The third-order valence-corrected chi connectivity index (χ3v) is 4.84. The van der Waals surface area contributed by atoms with E-state index in [0.29, 0.717) is 5.89 Å². The van der Waals surface area contributed by atoms with Crippen molar-refractivity contribution >= 4 is 57.9 Å². The SMILES string of the molecule is CCN(CC)Cc1ccc(-c2nc3cc(N=C=S)ccc3o2)s1.Cl. The lowest BCUT2D eigenvalue weighted by Gasteiger charge is -2.16. The number of fused-ring (bicyclic) bond motifs is 1. The fraction of sp³-hybridized carbons (Fsp3) is 0.294. The second-order valence-electron chi connectivity index (χ2n) is 5.10. The summed E-state index contributed by atoms with van der Waals surface area (Å²) in [6.07, 6.45) is 0. The number of thiocarbonyl (C=S) groups is 1. The summed E-state index contributed by atoms with van der Waals surface area (Å²) in [5.41, 5.74) is 2.27. The molecule has 0 fully saturated rings. The molecule has 24 heavy (non-hydrogen) atoms. The summed E-state index contributed by atoms with van der Waals surface area (Å²) in [5, 5.41) is 2.37. The molecule has 3 aromatic rings. The van der Waals surface area contributed by atoms with Crippen LogP contribution in [0.5, 0.6) is 0 Å². The van der Waals surface area contributed by atoms with Crippen molar-refractivity contribution in [1.82, 2.24) is 9.88 Å². The van der Waals surface area contributed by atoms with Crippen molar-refractivity contribution < 1.29 is 4.42 Å². The van der Waals surface area contributed by atoms with Crippen molar-refractivity contribution in [3.05, 3.63) is 35.2 Å². The highest BCUT2D eigenvalue weighted by Gasteiger charge is 2.12. The first-order chi connectivity index (χ1) is 11.2. The van der Waals surface area contributed by atoms with Crippen LogP contribution in [0.15, 0.2) is 39.7 Å². The quantitative estimate of drug-likeness (QED) is 0.415. The fourth-order valence-electron chi connectivity index (χ4n) is 2.39. The van der Waals surface area contributed by atoms with Crippen molar-refractivity contribution in [2.45, 2.75) is 20.4 Å². The molecule has 0 bridgehead atoms. The lowest BCUT2D eigenvalue weighted by molar-refractivity contribution is 0.298. The number of rotatable bonds is 6. The van der Waals surface area contributed by atoms with Crippen LogP contribution < -0.4 is 0 Å². The minimum Gasteiger partial charge on any atom is -0.435 e. The molecule has 0 aliphatic rings. The highest BCUT2D eigenvalue weighted by molar-refractivity contribution is 7.78. The van der Waals surface area contributed by atoms with Gasteiger partial charge < -0.3 is 4.42 Å². The van der Waals surface area contributed by atoms with Gasteiger partial charge in [-0.05, 0) is 55.6 Å². The molecule has 2 heterocycles. The van der Waals surface area contributed by atoms with Gasteiger partial charge in [0, 0.05) is 11.4 Å². The molecule has 3 rings (SSSR count). The largest absolute Gasteiger partial charge is 0.435 e. The van der Waals surface area contributed by atoms with Gasteiger partial charge in [-0.2, -0.15) is 4.99 Å². The van der Waals surface area contributed by atoms with E-state index in [4.69, 9.17) is 4.42 Å². The lowest BCUT2D eigenvalue weighted by atomic mass is 10.3. The number of thiophene rings is 1. The Balaban J connectivity index is 0.00000208. The van der Waals surface area contributed by atoms with Gasteiger partial charge in [-0.15, -0.1) is 23.7 Å². The average molecular weight is 380 g/mol. The van der Waals surface area contributed by atoms with Crippen LogP contribution in [0.4, 0.5) is 5.69 Å². The molecule has 0 saturated heterocycles. The normalized spacial score (nSPS) is 10.6. The highest BCUT2D eigenvalue weighted by Crippen LogP contribution is 2.31. The van der Waals surface area contributed by atoms with E-state index in [-0.39, 0.29) is 12.4 Å². The van der Waals surface area contributed by atoms with Gasteiger partial charge in [0.05, 0.1) is 15.7 Å². The van der Waals surface area contributed by atoms with Crippen molar-refractivity contribution in [1.29, 1.82) is 0 Å². The van der Waals surface area contributed by atoms with Crippen LogP contribution in [0, 0.1) is 0 Å². The van der Waals surface area contributed by atoms with Gasteiger partial charge in [0.15, 0.2) is 5.58 Å². The van der Waals surface area contributed by atoms with Crippen LogP contribution in [0.2, 0.25) is 0 Å². The first-order valence-corrected chi connectivity index (χ1v) is 8.75. The average Bonchev–Trinajstić information content (AvgIpc) is 3.18. The summed E-state index contributed by atoms with van der Waals surface area (Å²) < 4.78 is 5.86. The van der Waals surface area contributed by atoms with Crippen LogP contribution in [0.3, 0.4) is 0 Å². The van der Waals surface area contributed by atoms with Crippen molar-refractivity contribution in [2.24, 2.45) is 4.99 Å². The Morgan fingerprint density at radius 2 is 2.04 bits per heavy atom. The van der Waals surface area contributed by atoms with Crippen LogP contribution in [0.25, 0.3) is 21.9 Å². The van der Waals surface area contributed by atoms with Gasteiger partial charge in [-0.3, -0.25) is 4.90 Å². The number of nitrogens with zero attached hydrogens (tertiary/aromatic N) is 3. The molecule has 2 aromatic heterocycles. The van der Waals surface area contributed by atoms with E-state index in [9.17, 15) is 0 Å². The zero-order valence-electron chi connectivity index (χ0n) is 13.5. The summed E-state index contributed by atoms with van der Waals surface area (Å²) in [5.74, 6) is 0.652. The molecule has 7 heteroatoms. The number of isothiocyanates is 1. The maximum absolute atomic E-state index is 5.86. The number of hydrogen-bond donors (Lipinski definition) is 0. The summed E-state index contributed by atoms with van der Waals surface area (Å²) in [4.78, 5) is 13.3. The minimum atomic E-state index is 0. The smallest absolute Gasteiger partial charge is 0.237 e. The molecular weight excluding hydrogens is 362 g/mol. The van der Waals surface area contributed by atoms with Crippen LogP contribution >= 0.6 is 36.0 Å². The third kappa shape index (κ3) is 4.09. The summed E-state index contributed by atoms with van der Waals surface area (Å²) >= 11 is 6.36. The Hall–Kier alpha value is -1.56. The van der Waals surface area contributed by atoms with Crippen LogP contribution in [-0.2, 0) is 6.54 Å². The van der Waals surface area contributed by atoms with Gasteiger partial charge in [-0.1, -0.05) is 13.8 Å². The molecule has 0 amide bonds. The molecule has 0 saturated carbocycles. The van der Waals surface area contributed by atoms with E-state index in [2.05, 4.69) is 58.2 Å². The summed E-state index contributed by atoms with van der Waals surface area (Å²) in [7, 11) is 0. The van der Waals surface area contributed by atoms with E-state index in [1.165, 1.54) is 4.88 Å². The molecule has 0 atom stereocenters.